The van der Waals surface area contributed by atoms with Gasteiger partial charge >= 0.3 is 0 Å². The summed E-state index contributed by atoms with van der Waals surface area (Å²) >= 11 is 0. The van der Waals surface area contributed by atoms with Crippen LogP contribution >= 0.6 is 0 Å². The SMILES string of the molecule is Nc1nc(N)nc(-c2nonc2N)n1. The molecule has 0 saturated heterocycles. The van der Waals surface area contributed by atoms with Gasteiger partial charge in [0.2, 0.25) is 11.9 Å². The van der Waals surface area contributed by atoms with Crippen LogP contribution in [0.15, 0.2) is 4.63 Å². The molecule has 2 aromatic heterocycles. The lowest BCUT2D eigenvalue weighted by Crippen LogP contribution is -2.05. The summed E-state index contributed by atoms with van der Waals surface area (Å²) in [6.45, 7) is 0. The van der Waals surface area contributed by atoms with Crippen LogP contribution in [0.5, 0.6) is 0 Å². The van der Waals surface area contributed by atoms with Crippen LogP contribution < -0.4 is 17.2 Å². The quantitative estimate of drug-likeness (QED) is 0.500. The number of nitrogen functional groups attached to an aromatic ring is 3. The third kappa shape index (κ3) is 1.26. The second-order valence-electron chi connectivity index (χ2n) is 2.37. The minimum absolute atomic E-state index is 0.0186. The first-order valence-electron chi connectivity index (χ1n) is 3.52. The molecule has 2 heterocycles. The first-order chi connectivity index (χ1) is 6.66. The highest BCUT2D eigenvalue weighted by Crippen LogP contribution is 2.18. The summed E-state index contributed by atoms with van der Waals surface area (Å²) in [6, 6.07) is 0. The van der Waals surface area contributed by atoms with Gasteiger partial charge in [0.15, 0.2) is 17.3 Å². The number of rotatable bonds is 1. The van der Waals surface area contributed by atoms with Gasteiger partial charge in [-0.15, -0.1) is 0 Å². The van der Waals surface area contributed by atoms with Gasteiger partial charge in [0.05, 0.1) is 0 Å². The molecule has 2 aromatic rings. The van der Waals surface area contributed by atoms with Crippen molar-refractivity contribution >= 4 is 17.7 Å². The zero-order valence-electron chi connectivity index (χ0n) is 6.88. The molecule has 0 aliphatic rings. The van der Waals surface area contributed by atoms with Crippen molar-refractivity contribution < 1.29 is 4.63 Å². The number of hydrogen-bond donors (Lipinski definition) is 3. The molecule has 0 radical (unpaired) electrons. The highest BCUT2D eigenvalue weighted by molar-refractivity contribution is 5.63. The van der Waals surface area contributed by atoms with E-state index in [-0.39, 0.29) is 29.2 Å². The van der Waals surface area contributed by atoms with Crippen LogP contribution in [0, 0.1) is 0 Å². The summed E-state index contributed by atoms with van der Waals surface area (Å²) in [5.74, 6) is 0.161. The van der Waals surface area contributed by atoms with Crippen molar-refractivity contribution in [3.8, 4) is 11.5 Å². The van der Waals surface area contributed by atoms with Crippen molar-refractivity contribution in [2.75, 3.05) is 17.2 Å². The van der Waals surface area contributed by atoms with Crippen LogP contribution in [0.1, 0.15) is 0 Å². The molecule has 6 N–H and O–H groups in total. The number of hydrogen-bond acceptors (Lipinski definition) is 9. The fraction of sp³-hybridized carbons (Fsp3) is 0. The van der Waals surface area contributed by atoms with Gasteiger partial charge in [-0.05, 0) is 10.3 Å². The smallest absolute Gasteiger partial charge is 0.225 e. The van der Waals surface area contributed by atoms with E-state index in [2.05, 4.69) is 29.9 Å². The van der Waals surface area contributed by atoms with E-state index in [0.717, 1.165) is 0 Å². The fourth-order valence-corrected chi connectivity index (χ4v) is 0.866. The first-order valence-corrected chi connectivity index (χ1v) is 3.52. The third-order valence-electron chi connectivity index (χ3n) is 1.40. The van der Waals surface area contributed by atoms with Crippen molar-refractivity contribution in [1.29, 1.82) is 0 Å². The van der Waals surface area contributed by atoms with Gasteiger partial charge in [0.25, 0.3) is 0 Å². The predicted octanol–water partition coefficient (Wildman–Crippen LogP) is -1.33. The van der Waals surface area contributed by atoms with Crippen LogP contribution in [-0.2, 0) is 0 Å². The van der Waals surface area contributed by atoms with E-state index in [1.54, 1.807) is 0 Å². The largest absolute Gasteiger partial charge is 0.379 e. The molecule has 0 aliphatic carbocycles. The topological polar surface area (TPSA) is 156 Å². The highest BCUT2D eigenvalue weighted by Gasteiger charge is 2.13. The van der Waals surface area contributed by atoms with Gasteiger partial charge in [-0.2, -0.15) is 15.0 Å². The Hall–Kier alpha value is -2.45. The van der Waals surface area contributed by atoms with Crippen LogP contribution in [0.2, 0.25) is 0 Å². The van der Waals surface area contributed by atoms with Crippen LogP contribution in [0.4, 0.5) is 17.7 Å². The summed E-state index contributed by atoms with van der Waals surface area (Å²) in [5.41, 5.74) is 16.3. The maximum absolute atomic E-state index is 5.42. The van der Waals surface area contributed by atoms with Crippen molar-refractivity contribution in [3.63, 3.8) is 0 Å². The number of nitrogens with zero attached hydrogens (tertiary/aromatic N) is 5. The molecular weight excluding hydrogens is 188 g/mol. The summed E-state index contributed by atoms with van der Waals surface area (Å²) in [4.78, 5) is 11.1. The Morgan fingerprint density at radius 3 is 2.00 bits per heavy atom. The maximum atomic E-state index is 5.42. The summed E-state index contributed by atoms with van der Waals surface area (Å²) in [7, 11) is 0. The monoisotopic (exact) mass is 194 g/mol. The van der Waals surface area contributed by atoms with Crippen molar-refractivity contribution in [2.45, 2.75) is 0 Å². The Morgan fingerprint density at radius 2 is 1.50 bits per heavy atom. The molecule has 14 heavy (non-hydrogen) atoms. The van der Waals surface area contributed by atoms with Gasteiger partial charge < -0.3 is 17.2 Å². The molecule has 0 atom stereocenters. The molecule has 0 aliphatic heterocycles. The molecule has 0 spiro atoms. The Kier molecular flexibility index (Phi) is 1.63. The summed E-state index contributed by atoms with van der Waals surface area (Å²) < 4.78 is 4.37. The molecule has 0 fully saturated rings. The van der Waals surface area contributed by atoms with E-state index in [9.17, 15) is 0 Å². The van der Waals surface area contributed by atoms with Gasteiger partial charge in [-0.1, -0.05) is 0 Å². The van der Waals surface area contributed by atoms with E-state index in [1.165, 1.54) is 0 Å². The van der Waals surface area contributed by atoms with Gasteiger partial charge in [-0.25, -0.2) is 4.63 Å². The Balaban J connectivity index is 2.57. The lowest BCUT2D eigenvalue weighted by Gasteiger charge is -1.97. The molecule has 0 unspecified atom stereocenters. The average Bonchev–Trinajstić information content (AvgIpc) is 2.49. The lowest BCUT2D eigenvalue weighted by atomic mass is 10.4. The fourth-order valence-electron chi connectivity index (χ4n) is 0.866. The maximum Gasteiger partial charge on any atom is 0.225 e. The third-order valence-corrected chi connectivity index (χ3v) is 1.40. The standard InChI is InChI=1S/C5H6N8O/c6-2-1(12-14-13-2)3-9-4(7)11-5(8)10-3/h(H2,6,13)(H4,7,8,9,10,11). The normalized spacial score (nSPS) is 10.3. The Labute approximate surface area is 77.3 Å². The first kappa shape index (κ1) is 8.16. The van der Waals surface area contributed by atoms with Crippen LogP contribution in [-0.4, -0.2) is 25.3 Å². The second-order valence-corrected chi connectivity index (χ2v) is 2.37. The van der Waals surface area contributed by atoms with E-state index in [4.69, 9.17) is 17.2 Å². The molecule has 0 amide bonds. The zero-order chi connectivity index (χ0) is 10.1. The molecule has 9 nitrogen and oxygen atoms in total. The zero-order valence-corrected chi connectivity index (χ0v) is 6.88. The van der Waals surface area contributed by atoms with Crippen molar-refractivity contribution in [3.05, 3.63) is 0 Å². The van der Waals surface area contributed by atoms with Gasteiger partial charge in [0, 0.05) is 0 Å². The van der Waals surface area contributed by atoms with Crippen molar-refractivity contribution in [1.82, 2.24) is 25.3 Å². The summed E-state index contributed by atoms with van der Waals surface area (Å²) in [5, 5.41) is 6.86. The lowest BCUT2D eigenvalue weighted by molar-refractivity contribution is 0.310. The van der Waals surface area contributed by atoms with E-state index in [0.29, 0.717) is 0 Å². The van der Waals surface area contributed by atoms with Gasteiger partial charge in [0.1, 0.15) is 0 Å². The number of nitrogens with two attached hydrogens (primary N) is 3. The molecule has 72 valence electrons. The Morgan fingerprint density at radius 1 is 0.857 bits per heavy atom. The van der Waals surface area contributed by atoms with E-state index in [1.807, 2.05) is 0 Å². The van der Waals surface area contributed by atoms with E-state index < -0.39 is 0 Å². The average molecular weight is 194 g/mol. The molecular formula is C5H6N8O. The predicted molar refractivity (Wildman–Crippen MR) is 46.4 cm³/mol. The van der Waals surface area contributed by atoms with E-state index >= 15 is 0 Å². The van der Waals surface area contributed by atoms with Crippen LogP contribution in [0.3, 0.4) is 0 Å². The minimum Gasteiger partial charge on any atom is -0.379 e. The summed E-state index contributed by atoms with van der Waals surface area (Å²) in [6.07, 6.45) is 0. The Bertz CT molecular complexity index is 444. The van der Waals surface area contributed by atoms with Crippen molar-refractivity contribution in [2.24, 2.45) is 0 Å². The second kappa shape index (κ2) is 2.80. The highest BCUT2D eigenvalue weighted by atomic mass is 16.6. The molecule has 2 rings (SSSR count). The number of aromatic nitrogens is 5. The van der Waals surface area contributed by atoms with Crippen LogP contribution in [0.25, 0.3) is 11.5 Å². The molecule has 0 aromatic carbocycles. The molecule has 9 heteroatoms. The number of anilines is 3. The molecule has 0 bridgehead atoms. The van der Waals surface area contributed by atoms with Gasteiger partial charge in [-0.3, -0.25) is 0 Å². The molecule has 0 saturated carbocycles. The minimum atomic E-state index is -0.0186.